The van der Waals surface area contributed by atoms with Gasteiger partial charge in [0.05, 0.1) is 10.4 Å². The molecule has 0 bridgehead atoms. The lowest BCUT2D eigenvalue weighted by molar-refractivity contribution is -0.171. The summed E-state index contributed by atoms with van der Waals surface area (Å²) in [4.78, 5) is 12.7. The Morgan fingerprint density at radius 3 is 2.69 bits per heavy atom. The Balaban J connectivity index is 2.06. The van der Waals surface area contributed by atoms with Crippen LogP contribution in [0.15, 0.2) is 55.1 Å². The van der Waals surface area contributed by atoms with Crippen molar-refractivity contribution >= 4 is 29.2 Å². The van der Waals surface area contributed by atoms with Gasteiger partial charge < -0.3 is 4.74 Å². The topological polar surface area (TPSA) is 26.3 Å². The molecule has 1 aliphatic heterocycles. The summed E-state index contributed by atoms with van der Waals surface area (Å²) in [7, 11) is 0. The molecule has 2 aromatic carbocycles. The van der Waals surface area contributed by atoms with Crippen LogP contribution in [0.4, 0.5) is 4.39 Å². The Morgan fingerprint density at radius 2 is 2.04 bits per heavy atom. The minimum atomic E-state index is -0.684. The molecule has 1 unspecified atom stereocenters. The van der Waals surface area contributed by atoms with Gasteiger partial charge in [-0.05, 0) is 55.2 Å². The Bertz CT molecular complexity index is 852. The van der Waals surface area contributed by atoms with Crippen molar-refractivity contribution in [2.75, 3.05) is 0 Å². The highest BCUT2D eigenvalue weighted by Crippen LogP contribution is 2.49. The molecule has 1 aliphatic rings. The predicted molar refractivity (Wildman–Crippen MR) is 102 cm³/mol. The van der Waals surface area contributed by atoms with Crippen LogP contribution in [0.5, 0.6) is 0 Å². The lowest BCUT2D eigenvalue weighted by Gasteiger charge is -2.41. The Kier molecular flexibility index (Phi) is 5.40. The molecule has 26 heavy (non-hydrogen) atoms. The molecule has 0 spiro atoms. The summed E-state index contributed by atoms with van der Waals surface area (Å²) in [5.74, 6) is -1.00. The molecule has 0 aliphatic carbocycles. The molecule has 3 atom stereocenters. The number of benzene rings is 2. The fourth-order valence-electron chi connectivity index (χ4n) is 3.52. The molecular formula is C21H19Cl2FO2. The zero-order chi connectivity index (χ0) is 18.9. The van der Waals surface area contributed by atoms with E-state index in [1.54, 1.807) is 18.2 Å². The third-order valence-corrected chi connectivity index (χ3v) is 5.45. The molecule has 1 heterocycles. The fraction of sp³-hybridized carbons (Fsp3) is 0.286. The van der Waals surface area contributed by atoms with Crippen molar-refractivity contribution in [2.45, 2.75) is 31.8 Å². The van der Waals surface area contributed by atoms with Gasteiger partial charge in [-0.3, -0.25) is 4.79 Å². The average Bonchev–Trinajstić information content (AvgIpc) is 2.60. The second-order valence-corrected chi connectivity index (χ2v) is 7.76. The van der Waals surface area contributed by atoms with Gasteiger partial charge in [-0.2, -0.15) is 0 Å². The highest BCUT2D eigenvalue weighted by molar-refractivity contribution is 6.31. The van der Waals surface area contributed by atoms with E-state index in [9.17, 15) is 9.18 Å². The second-order valence-electron chi connectivity index (χ2n) is 6.92. The van der Waals surface area contributed by atoms with Crippen molar-refractivity contribution in [1.82, 2.24) is 0 Å². The molecular weight excluding hydrogens is 374 g/mol. The van der Waals surface area contributed by atoms with E-state index < -0.39 is 17.3 Å². The number of carbonyl (C=O) groups is 1. The molecule has 3 rings (SSSR count). The molecule has 0 N–H and O–H groups in total. The smallest absolute Gasteiger partial charge is 0.312 e. The second kappa shape index (κ2) is 7.42. The molecule has 136 valence electrons. The Labute approximate surface area is 162 Å². The first-order valence-corrected chi connectivity index (χ1v) is 9.12. The highest BCUT2D eigenvalue weighted by atomic mass is 35.5. The number of ether oxygens (including phenoxy) is 1. The fourth-order valence-corrected chi connectivity index (χ4v) is 3.84. The summed E-state index contributed by atoms with van der Waals surface area (Å²) in [6.07, 6.45) is 2.17. The SMILES string of the molecule is C=CCC1(C)C[C@H](c2cccc(Cl)c2)[C@H](c2ccc(Cl)c(F)c2)OC1=O. The largest absolute Gasteiger partial charge is 0.456 e. The van der Waals surface area contributed by atoms with Crippen LogP contribution in [0.1, 0.15) is 42.9 Å². The van der Waals surface area contributed by atoms with Crippen LogP contribution in [-0.2, 0) is 9.53 Å². The molecule has 0 saturated carbocycles. The quantitative estimate of drug-likeness (QED) is 0.439. The van der Waals surface area contributed by atoms with E-state index in [1.165, 1.54) is 12.1 Å². The Hall–Kier alpha value is -1.84. The molecule has 2 aromatic rings. The van der Waals surface area contributed by atoms with Crippen molar-refractivity contribution in [3.8, 4) is 0 Å². The summed E-state index contributed by atoms with van der Waals surface area (Å²) < 4.78 is 19.8. The van der Waals surface area contributed by atoms with Crippen LogP contribution in [-0.4, -0.2) is 5.97 Å². The minimum absolute atomic E-state index is 0.0340. The zero-order valence-corrected chi connectivity index (χ0v) is 15.9. The summed E-state index contributed by atoms with van der Waals surface area (Å²) >= 11 is 12.0. The molecule has 1 fully saturated rings. The lowest BCUT2D eigenvalue weighted by atomic mass is 9.71. The van der Waals surface area contributed by atoms with Gasteiger partial charge in [-0.15, -0.1) is 6.58 Å². The summed E-state index contributed by atoms with van der Waals surface area (Å²) in [5, 5.41) is 0.637. The number of hydrogen-bond acceptors (Lipinski definition) is 2. The van der Waals surface area contributed by atoms with E-state index in [0.717, 1.165) is 5.56 Å². The van der Waals surface area contributed by atoms with Crippen LogP contribution in [0.3, 0.4) is 0 Å². The number of hydrogen-bond donors (Lipinski definition) is 0. The number of carbonyl (C=O) groups excluding carboxylic acids is 1. The summed E-state index contributed by atoms with van der Waals surface area (Å²) in [5.41, 5.74) is 0.836. The van der Waals surface area contributed by atoms with E-state index in [0.29, 0.717) is 23.4 Å². The molecule has 5 heteroatoms. The number of allylic oxidation sites excluding steroid dienone is 1. The molecule has 0 amide bonds. The van der Waals surface area contributed by atoms with E-state index in [1.807, 2.05) is 25.1 Å². The van der Waals surface area contributed by atoms with Gasteiger partial charge in [-0.25, -0.2) is 4.39 Å². The average molecular weight is 393 g/mol. The van der Waals surface area contributed by atoms with Gasteiger partial charge in [0.15, 0.2) is 0 Å². The van der Waals surface area contributed by atoms with Crippen molar-refractivity contribution < 1.29 is 13.9 Å². The van der Waals surface area contributed by atoms with Gasteiger partial charge in [0.1, 0.15) is 11.9 Å². The van der Waals surface area contributed by atoms with E-state index in [-0.39, 0.29) is 16.9 Å². The molecule has 2 nitrogen and oxygen atoms in total. The van der Waals surface area contributed by atoms with Gasteiger partial charge in [-0.1, -0.05) is 47.5 Å². The van der Waals surface area contributed by atoms with Crippen molar-refractivity contribution in [1.29, 1.82) is 0 Å². The van der Waals surface area contributed by atoms with Gasteiger partial charge in [0.25, 0.3) is 0 Å². The maximum atomic E-state index is 14.0. The number of rotatable bonds is 4. The maximum Gasteiger partial charge on any atom is 0.312 e. The number of halogens is 3. The van der Waals surface area contributed by atoms with Crippen LogP contribution >= 0.6 is 23.2 Å². The van der Waals surface area contributed by atoms with Crippen LogP contribution in [0, 0.1) is 11.2 Å². The lowest BCUT2D eigenvalue weighted by Crippen LogP contribution is -2.39. The van der Waals surface area contributed by atoms with Gasteiger partial charge in [0, 0.05) is 10.9 Å². The first-order valence-electron chi connectivity index (χ1n) is 8.36. The summed E-state index contributed by atoms with van der Waals surface area (Å²) in [6.45, 7) is 5.62. The normalized spacial score (nSPS) is 25.6. The highest BCUT2D eigenvalue weighted by Gasteiger charge is 2.46. The third kappa shape index (κ3) is 3.65. The van der Waals surface area contributed by atoms with Crippen molar-refractivity contribution in [3.63, 3.8) is 0 Å². The zero-order valence-electron chi connectivity index (χ0n) is 14.3. The molecule has 0 aromatic heterocycles. The first-order chi connectivity index (χ1) is 12.3. The van der Waals surface area contributed by atoms with Crippen LogP contribution < -0.4 is 0 Å². The van der Waals surface area contributed by atoms with Gasteiger partial charge >= 0.3 is 5.97 Å². The monoisotopic (exact) mass is 392 g/mol. The number of esters is 1. The maximum absolute atomic E-state index is 14.0. The first kappa shape index (κ1) is 18.9. The van der Waals surface area contributed by atoms with Crippen molar-refractivity contribution in [2.24, 2.45) is 5.41 Å². The molecule has 0 radical (unpaired) electrons. The van der Waals surface area contributed by atoms with Crippen LogP contribution in [0.2, 0.25) is 10.0 Å². The minimum Gasteiger partial charge on any atom is -0.456 e. The van der Waals surface area contributed by atoms with Gasteiger partial charge in [0.2, 0.25) is 0 Å². The standard InChI is InChI=1S/C21H19Cl2FO2/c1-3-9-21(2)12-16(13-5-4-6-15(22)10-13)19(26-20(21)25)14-7-8-17(23)18(24)11-14/h3-8,10-11,16,19H,1,9,12H2,2H3/t16-,19+,21?/m1/s1. The predicted octanol–water partition coefficient (Wildman–Crippen LogP) is 6.49. The van der Waals surface area contributed by atoms with E-state index in [4.69, 9.17) is 27.9 Å². The third-order valence-electron chi connectivity index (χ3n) is 4.91. The summed E-state index contributed by atoms with van der Waals surface area (Å²) in [6, 6.07) is 12.0. The number of cyclic esters (lactones) is 1. The van der Waals surface area contributed by atoms with Crippen molar-refractivity contribution in [3.05, 3.63) is 82.1 Å². The molecule has 1 saturated heterocycles. The van der Waals surface area contributed by atoms with Crippen LogP contribution in [0.25, 0.3) is 0 Å². The Morgan fingerprint density at radius 1 is 1.27 bits per heavy atom. The van der Waals surface area contributed by atoms with E-state index in [2.05, 4.69) is 6.58 Å². The van der Waals surface area contributed by atoms with E-state index >= 15 is 0 Å².